The van der Waals surface area contributed by atoms with Crippen molar-refractivity contribution in [3.05, 3.63) is 16.7 Å². The van der Waals surface area contributed by atoms with Crippen LogP contribution in [0.3, 0.4) is 0 Å². The Balaban J connectivity index is 2.72. The number of anilines is 1. The SMILES string of the molecule is CCCn1cnc2c(=O)[nH]c(N)nc21. The molecule has 0 atom stereocenters. The van der Waals surface area contributed by atoms with Crippen LogP contribution in [0.4, 0.5) is 5.95 Å². The van der Waals surface area contributed by atoms with Crippen LogP contribution in [-0.2, 0) is 6.54 Å². The van der Waals surface area contributed by atoms with Gasteiger partial charge in [0.1, 0.15) is 0 Å². The number of aromatic amines is 1. The molecule has 6 nitrogen and oxygen atoms in total. The lowest BCUT2D eigenvalue weighted by atomic mass is 10.4. The summed E-state index contributed by atoms with van der Waals surface area (Å²) in [4.78, 5) is 21.8. The van der Waals surface area contributed by atoms with Crippen LogP contribution in [0.2, 0.25) is 0 Å². The normalized spacial score (nSPS) is 10.9. The van der Waals surface area contributed by atoms with Crippen molar-refractivity contribution in [2.45, 2.75) is 19.9 Å². The average Bonchev–Trinajstić information content (AvgIpc) is 2.49. The molecule has 0 radical (unpaired) electrons. The number of aromatic nitrogens is 4. The van der Waals surface area contributed by atoms with Gasteiger partial charge in [-0.05, 0) is 6.42 Å². The number of rotatable bonds is 2. The van der Waals surface area contributed by atoms with Crippen LogP contribution < -0.4 is 11.3 Å². The molecule has 0 bridgehead atoms. The molecular weight excluding hydrogens is 182 g/mol. The van der Waals surface area contributed by atoms with E-state index in [0.717, 1.165) is 13.0 Å². The van der Waals surface area contributed by atoms with Gasteiger partial charge < -0.3 is 10.3 Å². The molecule has 14 heavy (non-hydrogen) atoms. The Morgan fingerprint density at radius 1 is 1.64 bits per heavy atom. The highest BCUT2D eigenvalue weighted by Gasteiger charge is 2.07. The molecule has 2 rings (SSSR count). The van der Waals surface area contributed by atoms with E-state index in [1.807, 2.05) is 11.5 Å². The predicted octanol–water partition coefficient (Wildman–Crippen LogP) is 0.112. The van der Waals surface area contributed by atoms with E-state index in [2.05, 4.69) is 15.0 Å². The quantitative estimate of drug-likeness (QED) is 0.708. The zero-order valence-corrected chi connectivity index (χ0v) is 7.82. The van der Waals surface area contributed by atoms with Crippen LogP contribution in [0.15, 0.2) is 11.1 Å². The molecule has 74 valence electrons. The second kappa shape index (κ2) is 3.13. The van der Waals surface area contributed by atoms with Gasteiger partial charge in [0, 0.05) is 6.54 Å². The maximum absolute atomic E-state index is 11.4. The summed E-state index contributed by atoms with van der Waals surface area (Å²) in [6.45, 7) is 2.83. The Bertz CT molecular complexity index is 512. The average molecular weight is 193 g/mol. The smallest absolute Gasteiger partial charge is 0.280 e. The molecule has 3 N–H and O–H groups in total. The second-order valence-electron chi connectivity index (χ2n) is 3.06. The van der Waals surface area contributed by atoms with Crippen LogP contribution in [0.5, 0.6) is 0 Å². The Labute approximate surface area is 79.8 Å². The second-order valence-corrected chi connectivity index (χ2v) is 3.06. The molecule has 0 aromatic carbocycles. The lowest BCUT2D eigenvalue weighted by Gasteiger charge is -1.99. The Kier molecular flexibility index (Phi) is 1.95. The van der Waals surface area contributed by atoms with Gasteiger partial charge in [0.2, 0.25) is 5.95 Å². The van der Waals surface area contributed by atoms with Gasteiger partial charge in [-0.3, -0.25) is 9.78 Å². The van der Waals surface area contributed by atoms with Crippen molar-refractivity contribution in [2.75, 3.05) is 5.73 Å². The van der Waals surface area contributed by atoms with Gasteiger partial charge in [0.05, 0.1) is 6.33 Å². The minimum absolute atomic E-state index is 0.125. The minimum Gasteiger partial charge on any atom is -0.369 e. The Morgan fingerprint density at radius 3 is 3.14 bits per heavy atom. The van der Waals surface area contributed by atoms with Gasteiger partial charge in [0.25, 0.3) is 5.56 Å². The van der Waals surface area contributed by atoms with Crippen molar-refractivity contribution in [1.29, 1.82) is 0 Å². The number of nitrogen functional groups attached to an aromatic ring is 1. The first-order valence-electron chi connectivity index (χ1n) is 4.43. The summed E-state index contributed by atoms with van der Waals surface area (Å²) >= 11 is 0. The summed E-state index contributed by atoms with van der Waals surface area (Å²) in [5, 5.41) is 0. The Morgan fingerprint density at radius 2 is 2.43 bits per heavy atom. The fraction of sp³-hybridized carbons (Fsp3) is 0.375. The number of aryl methyl sites for hydroxylation is 1. The fourth-order valence-corrected chi connectivity index (χ4v) is 1.38. The van der Waals surface area contributed by atoms with Gasteiger partial charge in [-0.25, -0.2) is 4.98 Å². The van der Waals surface area contributed by atoms with E-state index in [9.17, 15) is 4.79 Å². The van der Waals surface area contributed by atoms with Gasteiger partial charge in [-0.15, -0.1) is 0 Å². The molecule has 0 aliphatic carbocycles. The Hall–Kier alpha value is -1.85. The fourth-order valence-electron chi connectivity index (χ4n) is 1.38. The molecule has 2 heterocycles. The summed E-state index contributed by atoms with van der Waals surface area (Å²) in [6, 6.07) is 0. The van der Waals surface area contributed by atoms with Gasteiger partial charge in [0.15, 0.2) is 11.2 Å². The summed E-state index contributed by atoms with van der Waals surface area (Å²) in [5.74, 6) is 0.125. The monoisotopic (exact) mass is 193 g/mol. The van der Waals surface area contributed by atoms with Crippen LogP contribution >= 0.6 is 0 Å². The topological polar surface area (TPSA) is 89.6 Å². The maximum Gasteiger partial charge on any atom is 0.280 e. The van der Waals surface area contributed by atoms with Crippen molar-refractivity contribution in [2.24, 2.45) is 0 Å². The number of imidazole rings is 1. The largest absolute Gasteiger partial charge is 0.369 e. The zero-order valence-electron chi connectivity index (χ0n) is 7.82. The molecule has 2 aromatic heterocycles. The lowest BCUT2D eigenvalue weighted by molar-refractivity contribution is 0.691. The molecule has 0 aliphatic rings. The van der Waals surface area contributed by atoms with Gasteiger partial charge in [-0.2, -0.15) is 4.98 Å². The molecule has 0 unspecified atom stereocenters. The van der Waals surface area contributed by atoms with Crippen molar-refractivity contribution in [3.8, 4) is 0 Å². The highest BCUT2D eigenvalue weighted by atomic mass is 16.1. The van der Waals surface area contributed by atoms with Gasteiger partial charge in [-0.1, -0.05) is 6.92 Å². The minimum atomic E-state index is -0.289. The number of nitrogens with zero attached hydrogens (tertiary/aromatic N) is 3. The van der Waals surface area contributed by atoms with Crippen molar-refractivity contribution in [1.82, 2.24) is 19.5 Å². The molecule has 0 amide bonds. The number of nitrogens with two attached hydrogens (primary N) is 1. The van der Waals surface area contributed by atoms with E-state index < -0.39 is 0 Å². The van der Waals surface area contributed by atoms with Crippen LogP contribution in [-0.4, -0.2) is 19.5 Å². The molecule has 0 saturated carbocycles. The van der Waals surface area contributed by atoms with Crippen LogP contribution in [0, 0.1) is 0 Å². The number of fused-ring (bicyclic) bond motifs is 1. The summed E-state index contributed by atoms with van der Waals surface area (Å²) in [5.41, 5.74) is 6.04. The number of nitrogens with one attached hydrogen (secondary N) is 1. The van der Waals surface area contributed by atoms with E-state index >= 15 is 0 Å². The maximum atomic E-state index is 11.4. The molecule has 2 aromatic rings. The van der Waals surface area contributed by atoms with Crippen molar-refractivity contribution in [3.63, 3.8) is 0 Å². The third-order valence-corrected chi connectivity index (χ3v) is 1.96. The van der Waals surface area contributed by atoms with Crippen LogP contribution in [0.25, 0.3) is 11.2 Å². The summed E-state index contributed by atoms with van der Waals surface area (Å²) in [6.07, 6.45) is 2.57. The lowest BCUT2D eigenvalue weighted by Crippen LogP contribution is -2.12. The van der Waals surface area contributed by atoms with Gasteiger partial charge >= 0.3 is 0 Å². The summed E-state index contributed by atoms with van der Waals surface area (Å²) in [7, 11) is 0. The first kappa shape index (κ1) is 8.74. The summed E-state index contributed by atoms with van der Waals surface area (Å²) < 4.78 is 1.82. The van der Waals surface area contributed by atoms with Crippen molar-refractivity contribution >= 4 is 17.1 Å². The first-order valence-corrected chi connectivity index (χ1v) is 4.43. The zero-order chi connectivity index (χ0) is 10.1. The molecule has 0 fully saturated rings. The molecule has 0 saturated heterocycles. The molecular formula is C8H11N5O. The van der Waals surface area contributed by atoms with E-state index in [1.165, 1.54) is 0 Å². The van der Waals surface area contributed by atoms with E-state index in [4.69, 9.17) is 5.73 Å². The van der Waals surface area contributed by atoms with E-state index in [-0.39, 0.29) is 11.5 Å². The molecule has 6 heteroatoms. The van der Waals surface area contributed by atoms with Crippen LogP contribution in [0.1, 0.15) is 13.3 Å². The standard InChI is InChI=1S/C8H11N5O/c1-2-3-13-4-10-5-6(13)11-8(9)12-7(5)14/h4H,2-3H2,1H3,(H3,9,11,12,14). The third kappa shape index (κ3) is 1.24. The predicted molar refractivity (Wildman–Crippen MR) is 52.9 cm³/mol. The molecule has 0 spiro atoms. The molecule has 0 aliphatic heterocycles. The highest BCUT2D eigenvalue weighted by Crippen LogP contribution is 2.06. The number of hydrogen-bond donors (Lipinski definition) is 2. The highest BCUT2D eigenvalue weighted by molar-refractivity contribution is 5.70. The van der Waals surface area contributed by atoms with E-state index in [1.54, 1.807) is 6.33 Å². The van der Waals surface area contributed by atoms with E-state index in [0.29, 0.717) is 11.2 Å². The first-order chi connectivity index (χ1) is 6.72. The number of hydrogen-bond acceptors (Lipinski definition) is 4. The van der Waals surface area contributed by atoms with Crippen molar-refractivity contribution < 1.29 is 0 Å². The third-order valence-electron chi connectivity index (χ3n) is 1.96. The number of H-pyrrole nitrogens is 1.